The van der Waals surface area contributed by atoms with Crippen molar-refractivity contribution in [1.29, 1.82) is 0 Å². The second-order valence-corrected chi connectivity index (χ2v) is 2.13. The minimum absolute atomic E-state index is 0.699. The lowest BCUT2D eigenvalue weighted by Gasteiger charge is -1.83. The summed E-state index contributed by atoms with van der Waals surface area (Å²) in [6.07, 6.45) is 4.11. The van der Waals surface area contributed by atoms with E-state index in [9.17, 15) is 9.59 Å². The van der Waals surface area contributed by atoms with Gasteiger partial charge in [-0.2, -0.15) is 0 Å². The molecule has 1 aromatic rings. The van der Waals surface area contributed by atoms with E-state index in [1.807, 2.05) is 0 Å². The third-order valence-corrected chi connectivity index (χ3v) is 1.25. The average Bonchev–Trinajstić information content (AvgIpc) is 2.51. The SMILES string of the molecule is O=C(O)C(=O)C=Cc1ccc[nH]1. The Morgan fingerprint density at radius 1 is 1.50 bits per heavy atom. The highest BCUT2D eigenvalue weighted by molar-refractivity contribution is 6.38. The van der Waals surface area contributed by atoms with E-state index >= 15 is 0 Å². The van der Waals surface area contributed by atoms with Gasteiger partial charge in [0.15, 0.2) is 0 Å². The summed E-state index contributed by atoms with van der Waals surface area (Å²) in [6, 6.07) is 3.48. The van der Waals surface area contributed by atoms with Gasteiger partial charge in [-0.25, -0.2) is 4.79 Å². The number of carboxylic acid groups (broad SMARTS) is 1. The lowest BCUT2D eigenvalue weighted by atomic mass is 10.3. The van der Waals surface area contributed by atoms with Crippen molar-refractivity contribution in [3.05, 3.63) is 30.1 Å². The van der Waals surface area contributed by atoms with Gasteiger partial charge in [-0.1, -0.05) is 0 Å². The molecule has 12 heavy (non-hydrogen) atoms. The van der Waals surface area contributed by atoms with E-state index in [4.69, 9.17) is 5.11 Å². The van der Waals surface area contributed by atoms with Crippen molar-refractivity contribution < 1.29 is 14.7 Å². The summed E-state index contributed by atoms with van der Waals surface area (Å²) in [5.41, 5.74) is 0.699. The molecule has 1 aromatic heterocycles. The number of nitrogens with one attached hydrogen (secondary N) is 1. The molecule has 0 aliphatic carbocycles. The molecule has 0 aliphatic rings. The van der Waals surface area contributed by atoms with E-state index in [0.717, 1.165) is 6.08 Å². The third-order valence-electron chi connectivity index (χ3n) is 1.25. The average molecular weight is 165 g/mol. The van der Waals surface area contributed by atoms with Crippen LogP contribution in [0.4, 0.5) is 0 Å². The number of carbonyl (C=O) groups is 2. The normalized spacial score (nSPS) is 10.3. The van der Waals surface area contributed by atoms with E-state index in [1.165, 1.54) is 6.08 Å². The van der Waals surface area contributed by atoms with Gasteiger partial charge in [-0.15, -0.1) is 0 Å². The quantitative estimate of drug-likeness (QED) is 0.511. The smallest absolute Gasteiger partial charge is 0.376 e. The van der Waals surface area contributed by atoms with Crippen LogP contribution in [0, 0.1) is 0 Å². The van der Waals surface area contributed by atoms with Crippen LogP contribution in [0.1, 0.15) is 5.69 Å². The minimum Gasteiger partial charge on any atom is -0.475 e. The number of H-pyrrole nitrogens is 1. The molecule has 1 heterocycles. The summed E-state index contributed by atoms with van der Waals surface area (Å²) in [5.74, 6) is -2.37. The highest BCUT2D eigenvalue weighted by Crippen LogP contribution is 1.96. The maximum Gasteiger partial charge on any atom is 0.376 e. The van der Waals surface area contributed by atoms with Crippen molar-refractivity contribution in [2.45, 2.75) is 0 Å². The third kappa shape index (κ3) is 2.09. The maximum atomic E-state index is 10.5. The molecule has 2 N–H and O–H groups in total. The number of aliphatic carboxylic acids is 1. The fraction of sp³-hybridized carbons (Fsp3) is 0. The van der Waals surface area contributed by atoms with Gasteiger partial charge in [0.25, 0.3) is 5.78 Å². The van der Waals surface area contributed by atoms with Crippen LogP contribution in [-0.4, -0.2) is 21.8 Å². The largest absolute Gasteiger partial charge is 0.475 e. The summed E-state index contributed by atoms with van der Waals surface area (Å²) in [7, 11) is 0. The number of aromatic nitrogens is 1. The highest BCUT2D eigenvalue weighted by Gasteiger charge is 2.04. The first-order valence-corrected chi connectivity index (χ1v) is 3.29. The molecule has 0 spiro atoms. The fourth-order valence-electron chi connectivity index (χ4n) is 0.685. The molecular weight excluding hydrogens is 158 g/mol. The molecule has 0 saturated carbocycles. The number of hydrogen-bond donors (Lipinski definition) is 2. The van der Waals surface area contributed by atoms with E-state index in [0.29, 0.717) is 5.69 Å². The first kappa shape index (κ1) is 8.26. The summed E-state index contributed by atoms with van der Waals surface area (Å²) in [6.45, 7) is 0. The zero-order valence-electron chi connectivity index (χ0n) is 6.15. The fourth-order valence-corrected chi connectivity index (χ4v) is 0.685. The maximum absolute atomic E-state index is 10.5. The Kier molecular flexibility index (Phi) is 2.42. The molecule has 4 nitrogen and oxygen atoms in total. The van der Waals surface area contributed by atoms with Gasteiger partial charge in [-0.05, 0) is 24.3 Å². The number of rotatable bonds is 3. The first-order valence-electron chi connectivity index (χ1n) is 3.29. The van der Waals surface area contributed by atoms with Crippen LogP contribution in [0.3, 0.4) is 0 Å². The number of carboxylic acids is 1. The molecular formula is C8H7NO3. The van der Waals surface area contributed by atoms with E-state index < -0.39 is 11.8 Å². The van der Waals surface area contributed by atoms with Crippen molar-refractivity contribution in [2.75, 3.05) is 0 Å². The van der Waals surface area contributed by atoms with Gasteiger partial charge in [0.05, 0.1) is 0 Å². The number of aromatic amines is 1. The molecule has 0 aromatic carbocycles. The molecule has 0 atom stereocenters. The van der Waals surface area contributed by atoms with Crippen LogP contribution < -0.4 is 0 Å². The van der Waals surface area contributed by atoms with E-state index in [-0.39, 0.29) is 0 Å². The second-order valence-electron chi connectivity index (χ2n) is 2.13. The van der Waals surface area contributed by atoms with Gasteiger partial charge in [0, 0.05) is 11.9 Å². The van der Waals surface area contributed by atoms with Gasteiger partial charge < -0.3 is 10.1 Å². The summed E-state index contributed by atoms with van der Waals surface area (Å²) >= 11 is 0. The standard InChI is InChI=1S/C8H7NO3/c10-7(8(11)12)4-3-6-2-1-5-9-6/h1-5,9H,(H,11,12). The summed E-state index contributed by atoms with van der Waals surface area (Å²) in [4.78, 5) is 23.4. The van der Waals surface area contributed by atoms with Gasteiger partial charge in [-0.3, -0.25) is 4.79 Å². The molecule has 62 valence electrons. The predicted molar refractivity (Wildman–Crippen MR) is 42.5 cm³/mol. The van der Waals surface area contributed by atoms with Gasteiger partial charge in [0.2, 0.25) is 0 Å². The van der Waals surface area contributed by atoms with Gasteiger partial charge >= 0.3 is 5.97 Å². The minimum atomic E-state index is -1.45. The molecule has 0 aliphatic heterocycles. The Bertz CT molecular complexity index is 311. The van der Waals surface area contributed by atoms with E-state index in [1.54, 1.807) is 18.3 Å². The second kappa shape index (κ2) is 3.52. The lowest BCUT2D eigenvalue weighted by Crippen LogP contribution is -2.08. The van der Waals surface area contributed by atoms with Crippen LogP contribution in [0.5, 0.6) is 0 Å². The topological polar surface area (TPSA) is 70.2 Å². The van der Waals surface area contributed by atoms with Gasteiger partial charge in [0.1, 0.15) is 0 Å². The Morgan fingerprint density at radius 2 is 2.25 bits per heavy atom. The van der Waals surface area contributed by atoms with E-state index in [2.05, 4.69) is 4.98 Å². The Morgan fingerprint density at radius 3 is 2.75 bits per heavy atom. The summed E-state index contributed by atoms with van der Waals surface area (Å²) < 4.78 is 0. The summed E-state index contributed by atoms with van der Waals surface area (Å²) in [5, 5.41) is 8.20. The predicted octanol–water partition coefficient (Wildman–Crippen LogP) is 0.682. The molecule has 4 heteroatoms. The molecule has 0 fully saturated rings. The number of ketones is 1. The Balaban J connectivity index is 2.63. The monoisotopic (exact) mass is 165 g/mol. The Hall–Kier alpha value is -1.84. The molecule has 0 radical (unpaired) electrons. The lowest BCUT2D eigenvalue weighted by molar-refractivity contribution is -0.146. The van der Waals surface area contributed by atoms with Crippen LogP contribution in [0.2, 0.25) is 0 Å². The first-order chi connectivity index (χ1) is 5.70. The zero-order valence-corrected chi connectivity index (χ0v) is 6.15. The van der Waals surface area contributed by atoms with Crippen LogP contribution >= 0.6 is 0 Å². The number of carbonyl (C=O) groups excluding carboxylic acids is 1. The van der Waals surface area contributed by atoms with Crippen molar-refractivity contribution in [1.82, 2.24) is 4.98 Å². The van der Waals surface area contributed by atoms with Crippen molar-refractivity contribution in [2.24, 2.45) is 0 Å². The molecule has 0 saturated heterocycles. The van der Waals surface area contributed by atoms with Crippen LogP contribution in [-0.2, 0) is 9.59 Å². The van der Waals surface area contributed by atoms with Crippen LogP contribution in [0.25, 0.3) is 6.08 Å². The molecule has 0 amide bonds. The molecule has 1 rings (SSSR count). The molecule has 0 unspecified atom stereocenters. The van der Waals surface area contributed by atoms with Crippen molar-refractivity contribution in [3.8, 4) is 0 Å². The van der Waals surface area contributed by atoms with Crippen LogP contribution in [0.15, 0.2) is 24.4 Å². The highest BCUT2D eigenvalue weighted by atomic mass is 16.4. The Labute approximate surface area is 68.5 Å². The van der Waals surface area contributed by atoms with Crippen molar-refractivity contribution in [3.63, 3.8) is 0 Å². The zero-order chi connectivity index (χ0) is 8.97. The molecule has 0 bridgehead atoms. The van der Waals surface area contributed by atoms with Crippen molar-refractivity contribution >= 4 is 17.8 Å². The number of hydrogen-bond acceptors (Lipinski definition) is 2.